The second-order valence-electron chi connectivity index (χ2n) is 2.46. The van der Waals surface area contributed by atoms with E-state index in [1.54, 1.807) is 6.92 Å². The molecule has 0 aliphatic rings. The normalized spacial score (nSPS) is 12.6. The highest BCUT2D eigenvalue weighted by Crippen LogP contribution is 2.10. The Labute approximate surface area is 61.6 Å². The van der Waals surface area contributed by atoms with E-state index in [-0.39, 0.29) is 11.7 Å². The largest absolute Gasteiger partial charge is 0.303 e. The van der Waals surface area contributed by atoms with Crippen LogP contribution in [0.3, 0.4) is 0 Å². The van der Waals surface area contributed by atoms with Crippen molar-refractivity contribution in [1.82, 2.24) is 0 Å². The van der Waals surface area contributed by atoms with Crippen molar-refractivity contribution in [3.05, 3.63) is 0 Å². The molecule has 2 heteroatoms. The number of hydrogen-bond donors (Lipinski definition) is 0. The summed E-state index contributed by atoms with van der Waals surface area (Å²) in [5, 5.41) is 0. The van der Waals surface area contributed by atoms with Gasteiger partial charge in [-0.2, -0.15) is 0 Å². The summed E-state index contributed by atoms with van der Waals surface area (Å²) < 4.78 is 0. The maximum atomic E-state index is 10.8. The molecule has 10 heavy (non-hydrogen) atoms. The molecule has 0 aromatic heterocycles. The molecule has 0 fully saturated rings. The molecular formula is C8H14O2. The summed E-state index contributed by atoms with van der Waals surface area (Å²) in [7, 11) is 0. The van der Waals surface area contributed by atoms with Crippen LogP contribution in [0.4, 0.5) is 0 Å². The van der Waals surface area contributed by atoms with Crippen LogP contribution in [0.1, 0.15) is 33.1 Å². The molecule has 0 bridgehead atoms. The Morgan fingerprint density at radius 1 is 1.60 bits per heavy atom. The van der Waals surface area contributed by atoms with Gasteiger partial charge in [-0.15, -0.1) is 0 Å². The van der Waals surface area contributed by atoms with Crippen molar-refractivity contribution in [3.63, 3.8) is 0 Å². The first-order chi connectivity index (χ1) is 4.72. The highest BCUT2D eigenvalue weighted by molar-refractivity contribution is 5.78. The van der Waals surface area contributed by atoms with Crippen LogP contribution in [0.25, 0.3) is 0 Å². The lowest BCUT2D eigenvalue weighted by Gasteiger charge is -2.06. The van der Waals surface area contributed by atoms with E-state index in [1.807, 2.05) is 6.92 Å². The van der Waals surface area contributed by atoms with Crippen molar-refractivity contribution in [2.75, 3.05) is 0 Å². The summed E-state index contributed by atoms with van der Waals surface area (Å²) in [5.74, 6) is 0.301. The van der Waals surface area contributed by atoms with Gasteiger partial charge in [-0.1, -0.05) is 6.92 Å². The SMILES string of the molecule is CCC(CCC=O)C(C)=O. The molecule has 0 saturated heterocycles. The number of Topliss-reactive ketones (excluding diaryl/α,β-unsaturated/α-hetero) is 1. The molecule has 0 aromatic rings. The van der Waals surface area contributed by atoms with Crippen LogP contribution in [-0.2, 0) is 9.59 Å². The highest BCUT2D eigenvalue weighted by Gasteiger charge is 2.09. The predicted molar refractivity (Wildman–Crippen MR) is 39.8 cm³/mol. The van der Waals surface area contributed by atoms with Gasteiger partial charge >= 0.3 is 0 Å². The van der Waals surface area contributed by atoms with Crippen LogP contribution in [0, 0.1) is 5.92 Å². The second kappa shape index (κ2) is 5.15. The number of carbonyl (C=O) groups excluding carboxylic acids is 2. The number of rotatable bonds is 5. The molecule has 0 rings (SSSR count). The average molecular weight is 142 g/mol. The van der Waals surface area contributed by atoms with E-state index >= 15 is 0 Å². The molecule has 0 spiro atoms. The fraction of sp³-hybridized carbons (Fsp3) is 0.750. The smallest absolute Gasteiger partial charge is 0.132 e. The van der Waals surface area contributed by atoms with Crippen LogP contribution in [0.2, 0.25) is 0 Å². The Morgan fingerprint density at radius 2 is 2.20 bits per heavy atom. The summed E-state index contributed by atoms with van der Waals surface area (Å²) in [4.78, 5) is 20.7. The van der Waals surface area contributed by atoms with Gasteiger partial charge in [0.15, 0.2) is 0 Å². The first kappa shape index (κ1) is 9.34. The first-order valence-corrected chi connectivity index (χ1v) is 3.66. The average Bonchev–Trinajstić information content (AvgIpc) is 1.89. The van der Waals surface area contributed by atoms with Crippen molar-refractivity contribution in [3.8, 4) is 0 Å². The quantitative estimate of drug-likeness (QED) is 0.546. The third kappa shape index (κ3) is 3.38. The molecule has 0 N–H and O–H groups in total. The minimum absolute atomic E-state index is 0.102. The molecule has 58 valence electrons. The highest BCUT2D eigenvalue weighted by atomic mass is 16.1. The van der Waals surface area contributed by atoms with Crippen LogP contribution < -0.4 is 0 Å². The van der Waals surface area contributed by atoms with Crippen molar-refractivity contribution in [1.29, 1.82) is 0 Å². The summed E-state index contributed by atoms with van der Waals surface area (Å²) in [6.07, 6.45) is 2.95. The maximum Gasteiger partial charge on any atom is 0.132 e. The molecule has 0 aromatic carbocycles. The Balaban J connectivity index is 3.60. The summed E-state index contributed by atoms with van der Waals surface area (Å²) >= 11 is 0. The summed E-state index contributed by atoms with van der Waals surface area (Å²) in [6, 6.07) is 0. The Hall–Kier alpha value is -0.660. The third-order valence-corrected chi connectivity index (χ3v) is 1.70. The summed E-state index contributed by atoms with van der Waals surface area (Å²) in [5.41, 5.74) is 0. The number of ketones is 1. The van der Waals surface area contributed by atoms with Crippen molar-refractivity contribution < 1.29 is 9.59 Å². The van der Waals surface area contributed by atoms with Crippen LogP contribution in [0.5, 0.6) is 0 Å². The van der Waals surface area contributed by atoms with Crippen LogP contribution in [-0.4, -0.2) is 12.1 Å². The second-order valence-corrected chi connectivity index (χ2v) is 2.46. The molecule has 0 aliphatic heterocycles. The van der Waals surface area contributed by atoms with E-state index in [9.17, 15) is 9.59 Å². The van der Waals surface area contributed by atoms with Gasteiger partial charge in [0, 0.05) is 12.3 Å². The van der Waals surface area contributed by atoms with Gasteiger partial charge in [-0.3, -0.25) is 4.79 Å². The zero-order chi connectivity index (χ0) is 7.98. The van der Waals surface area contributed by atoms with Gasteiger partial charge in [0.25, 0.3) is 0 Å². The first-order valence-electron chi connectivity index (χ1n) is 3.66. The molecule has 1 atom stereocenters. The van der Waals surface area contributed by atoms with Gasteiger partial charge in [-0.25, -0.2) is 0 Å². The van der Waals surface area contributed by atoms with Crippen molar-refractivity contribution in [2.45, 2.75) is 33.1 Å². The zero-order valence-corrected chi connectivity index (χ0v) is 6.59. The van der Waals surface area contributed by atoms with Gasteiger partial charge < -0.3 is 4.79 Å². The van der Waals surface area contributed by atoms with Crippen molar-refractivity contribution in [2.24, 2.45) is 5.92 Å². The standard InChI is InChI=1S/C8H14O2/c1-3-8(7(2)10)5-4-6-9/h6,8H,3-5H2,1-2H3. The molecular weight excluding hydrogens is 128 g/mol. The molecule has 1 unspecified atom stereocenters. The zero-order valence-electron chi connectivity index (χ0n) is 6.59. The van der Waals surface area contributed by atoms with Gasteiger partial charge in [0.2, 0.25) is 0 Å². The van der Waals surface area contributed by atoms with E-state index in [4.69, 9.17) is 0 Å². The van der Waals surface area contributed by atoms with E-state index in [1.165, 1.54) is 0 Å². The van der Waals surface area contributed by atoms with Crippen LogP contribution >= 0.6 is 0 Å². The predicted octanol–water partition coefficient (Wildman–Crippen LogP) is 1.58. The van der Waals surface area contributed by atoms with E-state index in [0.717, 1.165) is 19.1 Å². The number of hydrogen-bond acceptors (Lipinski definition) is 2. The maximum absolute atomic E-state index is 10.8. The van der Waals surface area contributed by atoms with E-state index < -0.39 is 0 Å². The fourth-order valence-electron chi connectivity index (χ4n) is 0.964. The Kier molecular flexibility index (Phi) is 4.81. The fourth-order valence-corrected chi connectivity index (χ4v) is 0.964. The monoisotopic (exact) mass is 142 g/mol. The van der Waals surface area contributed by atoms with Crippen molar-refractivity contribution >= 4 is 12.1 Å². The molecule has 0 radical (unpaired) electrons. The van der Waals surface area contributed by atoms with Gasteiger partial charge in [-0.05, 0) is 19.8 Å². The van der Waals surface area contributed by atoms with E-state index in [2.05, 4.69) is 0 Å². The molecule has 0 amide bonds. The van der Waals surface area contributed by atoms with E-state index in [0.29, 0.717) is 6.42 Å². The van der Waals surface area contributed by atoms with Gasteiger partial charge in [0.05, 0.1) is 0 Å². The third-order valence-electron chi connectivity index (χ3n) is 1.70. The Morgan fingerprint density at radius 3 is 2.50 bits per heavy atom. The lowest BCUT2D eigenvalue weighted by molar-refractivity contribution is -0.121. The minimum atomic E-state index is 0.102. The lowest BCUT2D eigenvalue weighted by Crippen LogP contribution is -2.09. The molecule has 0 saturated carbocycles. The molecule has 0 heterocycles. The lowest BCUT2D eigenvalue weighted by atomic mass is 9.97. The number of carbonyl (C=O) groups is 2. The topological polar surface area (TPSA) is 34.1 Å². The Bertz CT molecular complexity index is 118. The molecule has 0 aliphatic carbocycles. The summed E-state index contributed by atoms with van der Waals surface area (Å²) in [6.45, 7) is 3.55. The van der Waals surface area contributed by atoms with Crippen LogP contribution in [0.15, 0.2) is 0 Å². The number of aldehydes is 1. The molecule has 2 nitrogen and oxygen atoms in total. The minimum Gasteiger partial charge on any atom is -0.303 e. The van der Waals surface area contributed by atoms with Gasteiger partial charge in [0.1, 0.15) is 12.1 Å².